The fourth-order valence-electron chi connectivity index (χ4n) is 3.30. The maximum absolute atomic E-state index is 10.0. The van der Waals surface area contributed by atoms with E-state index in [-0.39, 0.29) is 38.7 Å². The number of carboxylic acids is 3. The summed E-state index contributed by atoms with van der Waals surface area (Å²) < 4.78 is 0. The van der Waals surface area contributed by atoms with Gasteiger partial charge in [-0.1, -0.05) is 101 Å². The quantitative estimate of drug-likeness (QED) is 0.184. The molecule has 0 aromatic rings. The molecule has 0 fully saturated rings. The SMILES string of the molecule is CC(C)(C)CCCCCC(=O)[O-].CC(C)(C)CCCCCC(=O)[O-].CC(C)(C)CCCCCC(=O)[O-].[Rh+3]. The van der Waals surface area contributed by atoms with Crippen molar-refractivity contribution < 1.29 is 49.2 Å². The summed E-state index contributed by atoms with van der Waals surface area (Å²) in [4.78, 5) is 30.1. The molecule has 0 aliphatic rings. The zero-order valence-corrected chi connectivity index (χ0v) is 27.0. The molecule has 0 aliphatic heterocycles. The Hall–Kier alpha value is -0.967. The fraction of sp³-hybridized carbons (Fsp3) is 0.900. The average Bonchev–Trinajstić information content (AvgIpc) is 2.65. The van der Waals surface area contributed by atoms with E-state index in [0.717, 1.165) is 57.8 Å². The number of aliphatic carboxylic acids is 3. The Balaban J connectivity index is -0.000000218. The van der Waals surface area contributed by atoms with Gasteiger partial charge in [-0.15, -0.1) is 0 Å². The molecule has 0 spiro atoms. The number of carbonyl (C=O) groups excluding carboxylic acids is 3. The molecule has 0 aromatic carbocycles. The first-order chi connectivity index (χ1) is 16.2. The van der Waals surface area contributed by atoms with Gasteiger partial charge in [0, 0.05) is 17.9 Å². The van der Waals surface area contributed by atoms with Gasteiger partial charge >= 0.3 is 19.5 Å². The van der Waals surface area contributed by atoms with E-state index in [1.54, 1.807) is 0 Å². The van der Waals surface area contributed by atoms with Crippen LogP contribution in [0, 0.1) is 16.2 Å². The molecular formula is C30H57O6Rh. The zero-order chi connectivity index (χ0) is 28.8. The first-order valence-corrected chi connectivity index (χ1v) is 13.8. The van der Waals surface area contributed by atoms with Crippen molar-refractivity contribution in [3.8, 4) is 0 Å². The van der Waals surface area contributed by atoms with Gasteiger partial charge in [0.25, 0.3) is 0 Å². The molecule has 0 radical (unpaired) electrons. The van der Waals surface area contributed by atoms with E-state index in [9.17, 15) is 29.7 Å². The minimum atomic E-state index is -0.925. The van der Waals surface area contributed by atoms with Crippen molar-refractivity contribution in [2.24, 2.45) is 16.2 Å². The van der Waals surface area contributed by atoms with E-state index in [1.165, 1.54) is 19.3 Å². The number of hydrogen-bond donors (Lipinski definition) is 0. The predicted octanol–water partition coefficient (Wildman–Crippen LogP) is 5.20. The Morgan fingerprint density at radius 1 is 0.405 bits per heavy atom. The monoisotopic (exact) mass is 616 g/mol. The van der Waals surface area contributed by atoms with Crippen LogP contribution in [0.3, 0.4) is 0 Å². The van der Waals surface area contributed by atoms with Crippen molar-refractivity contribution in [1.82, 2.24) is 0 Å². The van der Waals surface area contributed by atoms with Gasteiger partial charge in [0.1, 0.15) is 0 Å². The molecular weight excluding hydrogens is 559 g/mol. The van der Waals surface area contributed by atoms with E-state index < -0.39 is 17.9 Å². The minimum absolute atomic E-state index is 0. The van der Waals surface area contributed by atoms with E-state index >= 15 is 0 Å². The van der Waals surface area contributed by atoms with Crippen molar-refractivity contribution in [2.75, 3.05) is 0 Å². The molecule has 37 heavy (non-hydrogen) atoms. The van der Waals surface area contributed by atoms with Crippen LogP contribution in [0.15, 0.2) is 0 Å². The van der Waals surface area contributed by atoms with Crippen LogP contribution in [0.25, 0.3) is 0 Å². The van der Waals surface area contributed by atoms with Crippen molar-refractivity contribution >= 4 is 17.9 Å². The summed E-state index contributed by atoms with van der Waals surface area (Å²) in [5, 5.41) is 30.1. The summed E-state index contributed by atoms with van der Waals surface area (Å²) in [5.41, 5.74) is 1.13. The van der Waals surface area contributed by atoms with Crippen LogP contribution < -0.4 is 15.3 Å². The summed E-state index contributed by atoms with van der Waals surface area (Å²) in [6.07, 6.45) is 12.8. The summed E-state index contributed by atoms with van der Waals surface area (Å²) in [7, 11) is 0. The second-order valence-corrected chi connectivity index (χ2v) is 13.5. The van der Waals surface area contributed by atoms with E-state index in [4.69, 9.17) is 0 Å². The predicted molar refractivity (Wildman–Crippen MR) is 143 cm³/mol. The third-order valence-corrected chi connectivity index (χ3v) is 5.42. The minimum Gasteiger partial charge on any atom is -0.550 e. The van der Waals surface area contributed by atoms with Gasteiger partial charge in [-0.05, 0) is 74.0 Å². The molecule has 0 aromatic heterocycles. The summed E-state index contributed by atoms with van der Waals surface area (Å²) in [5.74, 6) is -2.78. The first kappa shape index (κ1) is 43.1. The van der Waals surface area contributed by atoms with Gasteiger partial charge in [-0.3, -0.25) is 0 Å². The van der Waals surface area contributed by atoms with Crippen molar-refractivity contribution in [2.45, 2.75) is 159 Å². The summed E-state index contributed by atoms with van der Waals surface area (Å²) in [6, 6.07) is 0. The molecule has 222 valence electrons. The van der Waals surface area contributed by atoms with Crippen LogP contribution >= 0.6 is 0 Å². The number of rotatable bonds is 15. The van der Waals surface area contributed by atoms with Crippen LogP contribution in [0.4, 0.5) is 0 Å². The summed E-state index contributed by atoms with van der Waals surface area (Å²) in [6.45, 7) is 19.8. The van der Waals surface area contributed by atoms with Gasteiger partial charge in [-0.25, -0.2) is 0 Å². The third kappa shape index (κ3) is 56.4. The number of unbranched alkanes of at least 4 members (excludes halogenated alkanes) is 6. The molecule has 0 heterocycles. The fourth-order valence-corrected chi connectivity index (χ4v) is 3.30. The molecule has 7 heteroatoms. The molecule has 0 unspecified atom stereocenters. The van der Waals surface area contributed by atoms with Gasteiger partial charge in [0.05, 0.1) is 0 Å². The Kier molecular flexibility index (Phi) is 28.1. The van der Waals surface area contributed by atoms with Crippen LogP contribution in [0.5, 0.6) is 0 Å². The second-order valence-electron chi connectivity index (χ2n) is 13.5. The molecule has 0 atom stereocenters. The molecule has 6 nitrogen and oxygen atoms in total. The standard InChI is InChI=1S/3C10H20O2.Rh/c3*1-10(2,3)8-6-4-5-7-9(11)12;/h3*4-8H2,1-3H3,(H,11,12);/q;;;+3/p-3. The third-order valence-electron chi connectivity index (χ3n) is 5.42. The van der Waals surface area contributed by atoms with Crippen molar-refractivity contribution in [1.29, 1.82) is 0 Å². The van der Waals surface area contributed by atoms with Gasteiger partial charge in [-0.2, -0.15) is 0 Å². The zero-order valence-electron chi connectivity index (χ0n) is 25.4. The van der Waals surface area contributed by atoms with Crippen molar-refractivity contribution in [3.05, 3.63) is 0 Å². The molecule has 0 bridgehead atoms. The van der Waals surface area contributed by atoms with Gasteiger partial charge in [0.15, 0.2) is 0 Å². The van der Waals surface area contributed by atoms with E-state index in [0.29, 0.717) is 16.2 Å². The summed E-state index contributed by atoms with van der Waals surface area (Å²) >= 11 is 0. The largest absolute Gasteiger partial charge is 3.00 e. The molecule has 0 N–H and O–H groups in total. The Morgan fingerprint density at radius 3 is 0.730 bits per heavy atom. The maximum Gasteiger partial charge on any atom is 3.00 e. The number of hydrogen-bond acceptors (Lipinski definition) is 6. The van der Waals surface area contributed by atoms with E-state index in [2.05, 4.69) is 62.3 Å². The van der Waals surface area contributed by atoms with Crippen LogP contribution in [0.1, 0.15) is 159 Å². The number of carbonyl (C=O) groups is 3. The Morgan fingerprint density at radius 2 is 0.595 bits per heavy atom. The Bertz CT molecular complexity index is 487. The Labute approximate surface area is 241 Å². The first-order valence-electron chi connectivity index (χ1n) is 13.8. The molecule has 0 aliphatic carbocycles. The maximum atomic E-state index is 10.0. The molecule has 0 rings (SSSR count). The molecule has 0 saturated heterocycles. The van der Waals surface area contributed by atoms with Crippen molar-refractivity contribution in [3.63, 3.8) is 0 Å². The van der Waals surface area contributed by atoms with E-state index in [1.807, 2.05) is 0 Å². The topological polar surface area (TPSA) is 120 Å². The molecule has 0 amide bonds. The second kappa shape index (κ2) is 24.1. The average molecular weight is 617 g/mol. The normalized spacial score (nSPS) is 11.3. The van der Waals surface area contributed by atoms with Gasteiger partial charge in [0.2, 0.25) is 0 Å². The molecule has 0 saturated carbocycles. The van der Waals surface area contributed by atoms with Gasteiger partial charge < -0.3 is 29.7 Å². The number of carboxylic acid groups (broad SMARTS) is 3. The van der Waals surface area contributed by atoms with Crippen LogP contribution in [-0.2, 0) is 33.9 Å². The van der Waals surface area contributed by atoms with Crippen LogP contribution in [0.2, 0.25) is 0 Å². The smallest absolute Gasteiger partial charge is 0.550 e. The van der Waals surface area contributed by atoms with Crippen LogP contribution in [-0.4, -0.2) is 17.9 Å².